The molecule has 2 N–H and O–H groups in total. The molecule has 4 heteroatoms. The van der Waals surface area contributed by atoms with Gasteiger partial charge < -0.3 is 15.2 Å². The minimum atomic E-state index is -0.273. The lowest BCUT2D eigenvalue weighted by Gasteiger charge is -2.16. The van der Waals surface area contributed by atoms with E-state index in [1.165, 1.54) is 109 Å². The topological polar surface area (TPSA) is 58.6 Å². The highest BCUT2D eigenvalue weighted by molar-refractivity contribution is 5.75. The zero-order chi connectivity index (χ0) is 23.5. The second kappa shape index (κ2) is 26.6. The molecule has 4 nitrogen and oxygen atoms in total. The summed E-state index contributed by atoms with van der Waals surface area (Å²) in [5.41, 5.74) is 0. The van der Waals surface area contributed by atoms with Gasteiger partial charge in [0.15, 0.2) is 0 Å². The number of unbranched alkanes of at least 4 members (excludes halogenated alkanes) is 18. The molecule has 192 valence electrons. The molecule has 0 radical (unpaired) electrons. The first kappa shape index (κ1) is 31.4. The van der Waals surface area contributed by atoms with Gasteiger partial charge in [-0.2, -0.15) is 0 Å². The van der Waals surface area contributed by atoms with E-state index in [9.17, 15) is 9.90 Å². The summed E-state index contributed by atoms with van der Waals surface area (Å²) in [6.45, 7) is 5.58. The van der Waals surface area contributed by atoms with E-state index in [1.54, 1.807) is 0 Å². The number of carbonyl (C=O) groups excluding carboxylic acids is 1. The van der Waals surface area contributed by atoms with Gasteiger partial charge in [0.1, 0.15) is 0 Å². The van der Waals surface area contributed by atoms with Crippen LogP contribution in [-0.4, -0.2) is 36.9 Å². The monoisotopic (exact) mass is 455 g/mol. The molecule has 0 aliphatic rings. The summed E-state index contributed by atoms with van der Waals surface area (Å²) in [5, 5.41) is 12.4. The first-order valence-corrected chi connectivity index (χ1v) is 14.2. The number of amides is 1. The maximum absolute atomic E-state index is 12.0. The smallest absolute Gasteiger partial charge is 0.220 e. The highest BCUT2D eigenvalue weighted by Gasteiger charge is 2.09. The third-order valence-electron chi connectivity index (χ3n) is 6.34. The molecular weight excluding hydrogens is 398 g/mol. The van der Waals surface area contributed by atoms with Crippen molar-refractivity contribution in [3.8, 4) is 0 Å². The van der Waals surface area contributed by atoms with Gasteiger partial charge >= 0.3 is 0 Å². The Kier molecular flexibility index (Phi) is 26.1. The van der Waals surface area contributed by atoms with E-state index in [0.717, 1.165) is 19.3 Å². The number of nitrogens with one attached hydrogen (secondary N) is 1. The van der Waals surface area contributed by atoms with Crippen LogP contribution in [0.5, 0.6) is 0 Å². The quantitative estimate of drug-likeness (QED) is 0.131. The molecule has 0 saturated heterocycles. The SMILES string of the molecule is CCCCCCCCCCCCCC(=O)NCC(CO)OCCCCCCCCCCC. The van der Waals surface area contributed by atoms with Crippen LogP contribution in [0.25, 0.3) is 0 Å². The lowest BCUT2D eigenvalue weighted by molar-refractivity contribution is -0.122. The number of aliphatic hydroxyl groups excluding tert-OH is 1. The average Bonchev–Trinajstić information content (AvgIpc) is 2.80. The first-order valence-electron chi connectivity index (χ1n) is 14.2. The molecule has 0 rings (SSSR count). The van der Waals surface area contributed by atoms with Crippen molar-refractivity contribution in [2.24, 2.45) is 0 Å². The number of carbonyl (C=O) groups is 1. The van der Waals surface area contributed by atoms with Crippen LogP contribution in [0.2, 0.25) is 0 Å². The Hall–Kier alpha value is -0.610. The van der Waals surface area contributed by atoms with Gasteiger partial charge in [-0.15, -0.1) is 0 Å². The molecule has 0 fully saturated rings. The predicted molar refractivity (Wildman–Crippen MR) is 138 cm³/mol. The van der Waals surface area contributed by atoms with E-state index in [0.29, 0.717) is 19.6 Å². The molecule has 32 heavy (non-hydrogen) atoms. The van der Waals surface area contributed by atoms with Crippen molar-refractivity contribution in [2.45, 2.75) is 155 Å². The highest BCUT2D eigenvalue weighted by atomic mass is 16.5. The van der Waals surface area contributed by atoms with E-state index in [4.69, 9.17) is 4.74 Å². The lowest BCUT2D eigenvalue weighted by Crippen LogP contribution is -2.35. The largest absolute Gasteiger partial charge is 0.394 e. The molecule has 0 aromatic heterocycles. The van der Waals surface area contributed by atoms with Crippen molar-refractivity contribution in [1.82, 2.24) is 5.32 Å². The third kappa shape index (κ3) is 24.0. The fourth-order valence-electron chi connectivity index (χ4n) is 4.10. The summed E-state index contributed by atoms with van der Waals surface area (Å²) >= 11 is 0. The summed E-state index contributed by atoms with van der Waals surface area (Å²) in [5.74, 6) is 0.0889. The first-order chi connectivity index (χ1) is 15.7. The maximum Gasteiger partial charge on any atom is 0.220 e. The molecule has 0 aromatic rings. The Balaban J connectivity index is 3.43. The van der Waals surface area contributed by atoms with Crippen molar-refractivity contribution in [2.75, 3.05) is 19.8 Å². The molecular formula is C28H57NO3. The van der Waals surface area contributed by atoms with Gasteiger partial charge in [-0.3, -0.25) is 4.79 Å². The van der Waals surface area contributed by atoms with Crippen LogP contribution in [0.3, 0.4) is 0 Å². The van der Waals surface area contributed by atoms with Crippen LogP contribution in [0.1, 0.15) is 149 Å². The highest BCUT2D eigenvalue weighted by Crippen LogP contribution is 2.12. The zero-order valence-electron chi connectivity index (χ0n) is 21.8. The molecule has 0 spiro atoms. The van der Waals surface area contributed by atoms with Gasteiger partial charge in [0, 0.05) is 19.6 Å². The average molecular weight is 456 g/mol. The third-order valence-corrected chi connectivity index (χ3v) is 6.34. The van der Waals surface area contributed by atoms with E-state index in [-0.39, 0.29) is 18.6 Å². The van der Waals surface area contributed by atoms with Crippen molar-refractivity contribution < 1.29 is 14.6 Å². The van der Waals surface area contributed by atoms with Crippen molar-refractivity contribution in [1.29, 1.82) is 0 Å². The maximum atomic E-state index is 12.0. The lowest BCUT2D eigenvalue weighted by atomic mass is 10.1. The minimum Gasteiger partial charge on any atom is -0.394 e. The molecule has 0 bridgehead atoms. The Bertz CT molecular complexity index is 376. The summed E-state index contributed by atoms with van der Waals surface area (Å²) in [7, 11) is 0. The number of hydrogen-bond donors (Lipinski definition) is 2. The molecule has 0 heterocycles. The Morgan fingerprint density at radius 3 is 1.50 bits per heavy atom. The second-order valence-electron chi connectivity index (χ2n) is 9.59. The van der Waals surface area contributed by atoms with Gasteiger partial charge in [-0.05, 0) is 12.8 Å². The zero-order valence-corrected chi connectivity index (χ0v) is 21.8. The van der Waals surface area contributed by atoms with Gasteiger partial charge in [0.05, 0.1) is 12.7 Å². The van der Waals surface area contributed by atoms with E-state index >= 15 is 0 Å². The van der Waals surface area contributed by atoms with Gasteiger partial charge in [0.2, 0.25) is 5.91 Å². The van der Waals surface area contributed by atoms with Crippen LogP contribution in [0.4, 0.5) is 0 Å². The van der Waals surface area contributed by atoms with E-state index in [2.05, 4.69) is 19.2 Å². The Labute approximate surface area is 200 Å². The molecule has 0 saturated carbocycles. The fraction of sp³-hybridized carbons (Fsp3) is 0.964. The van der Waals surface area contributed by atoms with Crippen LogP contribution >= 0.6 is 0 Å². The molecule has 0 aliphatic carbocycles. The van der Waals surface area contributed by atoms with Gasteiger partial charge in [-0.1, -0.05) is 129 Å². The van der Waals surface area contributed by atoms with Crippen molar-refractivity contribution >= 4 is 5.91 Å². The number of hydrogen-bond acceptors (Lipinski definition) is 3. The minimum absolute atomic E-state index is 0.0316. The molecule has 1 atom stereocenters. The standard InChI is InChI=1S/C28H57NO3/c1-3-5-7-9-11-13-14-15-17-19-21-23-28(31)29-25-27(26-30)32-24-22-20-18-16-12-10-8-6-4-2/h27,30H,3-26H2,1-2H3,(H,29,31). The van der Waals surface area contributed by atoms with E-state index in [1.807, 2.05) is 0 Å². The van der Waals surface area contributed by atoms with Gasteiger partial charge in [-0.25, -0.2) is 0 Å². The van der Waals surface area contributed by atoms with E-state index < -0.39 is 0 Å². The summed E-state index contributed by atoms with van der Waals surface area (Å²) in [6, 6.07) is 0. The van der Waals surface area contributed by atoms with Gasteiger partial charge in [0.25, 0.3) is 0 Å². The van der Waals surface area contributed by atoms with Crippen LogP contribution in [0.15, 0.2) is 0 Å². The van der Waals surface area contributed by atoms with Crippen LogP contribution in [-0.2, 0) is 9.53 Å². The molecule has 0 aromatic carbocycles. The van der Waals surface area contributed by atoms with Crippen LogP contribution < -0.4 is 5.32 Å². The number of ether oxygens (including phenoxy) is 1. The number of aliphatic hydroxyl groups is 1. The molecule has 1 amide bonds. The van der Waals surface area contributed by atoms with Crippen molar-refractivity contribution in [3.63, 3.8) is 0 Å². The summed E-state index contributed by atoms with van der Waals surface area (Å²) in [4.78, 5) is 12.0. The number of rotatable bonds is 26. The Morgan fingerprint density at radius 1 is 0.656 bits per heavy atom. The second-order valence-corrected chi connectivity index (χ2v) is 9.59. The predicted octanol–water partition coefficient (Wildman–Crippen LogP) is 7.71. The van der Waals surface area contributed by atoms with Crippen molar-refractivity contribution in [3.05, 3.63) is 0 Å². The molecule has 1 unspecified atom stereocenters. The fourth-order valence-corrected chi connectivity index (χ4v) is 4.10. The summed E-state index contributed by atoms with van der Waals surface area (Å²) in [6.07, 6.45) is 26.1. The molecule has 0 aliphatic heterocycles. The Morgan fingerprint density at radius 2 is 1.06 bits per heavy atom. The van der Waals surface area contributed by atoms with Crippen LogP contribution in [0, 0.1) is 0 Å². The normalized spacial score (nSPS) is 12.2. The summed E-state index contributed by atoms with van der Waals surface area (Å²) < 4.78 is 5.75.